The van der Waals surface area contributed by atoms with Gasteiger partial charge in [0.2, 0.25) is 0 Å². The van der Waals surface area contributed by atoms with Crippen LogP contribution in [0.1, 0.15) is 27.2 Å². The van der Waals surface area contributed by atoms with Crippen LogP contribution in [0.3, 0.4) is 0 Å². The van der Waals surface area contributed by atoms with Crippen LogP contribution in [0.25, 0.3) is 0 Å². The SMILES string of the molecule is C/C=C\[C@@H]1C[C@H](C#N)N(C(=O)O)[C@H]1[C@H](O)[C@H]1COC(C)(C)O1. The zero-order valence-corrected chi connectivity index (χ0v) is 13.0. The number of nitrogens with zero attached hydrogens (tertiary/aromatic N) is 2. The third-order valence-corrected chi connectivity index (χ3v) is 4.16. The van der Waals surface area contributed by atoms with Gasteiger partial charge in [0.05, 0.1) is 18.7 Å². The molecule has 2 fully saturated rings. The van der Waals surface area contributed by atoms with Gasteiger partial charge in [-0.05, 0) is 27.2 Å². The van der Waals surface area contributed by atoms with E-state index in [1.165, 1.54) is 0 Å². The lowest BCUT2D eigenvalue weighted by molar-refractivity contribution is -0.156. The van der Waals surface area contributed by atoms with Crippen LogP contribution in [-0.2, 0) is 9.47 Å². The molecule has 0 bridgehead atoms. The van der Waals surface area contributed by atoms with Crippen molar-refractivity contribution in [3.63, 3.8) is 0 Å². The molecule has 0 saturated carbocycles. The molecule has 2 aliphatic rings. The summed E-state index contributed by atoms with van der Waals surface area (Å²) in [6.45, 7) is 5.50. The first-order chi connectivity index (χ1) is 10.3. The number of allylic oxidation sites excluding steroid dienone is 1. The lowest BCUT2D eigenvalue weighted by Gasteiger charge is -2.33. The van der Waals surface area contributed by atoms with Gasteiger partial charge in [0.1, 0.15) is 18.2 Å². The fourth-order valence-corrected chi connectivity index (χ4v) is 3.26. The minimum atomic E-state index is -1.21. The summed E-state index contributed by atoms with van der Waals surface area (Å²) in [6, 6.07) is 0.512. The number of ether oxygens (including phenoxy) is 2. The van der Waals surface area contributed by atoms with Crippen LogP contribution in [0.5, 0.6) is 0 Å². The Morgan fingerprint density at radius 1 is 1.55 bits per heavy atom. The van der Waals surface area contributed by atoms with E-state index in [1.807, 2.05) is 19.1 Å². The van der Waals surface area contributed by atoms with Gasteiger partial charge in [0.25, 0.3) is 0 Å². The number of hydrogen-bond acceptors (Lipinski definition) is 5. The molecule has 0 aromatic carbocycles. The van der Waals surface area contributed by atoms with E-state index in [4.69, 9.17) is 9.47 Å². The van der Waals surface area contributed by atoms with Crippen LogP contribution in [0.4, 0.5) is 4.79 Å². The molecule has 0 aliphatic carbocycles. The largest absolute Gasteiger partial charge is 0.465 e. The highest BCUT2D eigenvalue weighted by Crippen LogP contribution is 2.36. The number of likely N-dealkylation sites (tertiary alicyclic amines) is 1. The monoisotopic (exact) mass is 310 g/mol. The fraction of sp³-hybridized carbons (Fsp3) is 0.733. The Morgan fingerprint density at radius 2 is 2.23 bits per heavy atom. The van der Waals surface area contributed by atoms with Gasteiger partial charge < -0.3 is 19.7 Å². The highest BCUT2D eigenvalue weighted by Gasteiger charge is 2.50. The number of aliphatic hydroxyl groups excluding tert-OH is 1. The van der Waals surface area contributed by atoms with Gasteiger partial charge in [-0.15, -0.1) is 0 Å². The van der Waals surface area contributed by atoms with Crippen molar-refractivity contribution in [2.45, 2.75) is 57.3 Å². The summed E-state index contributed by atoms with van der Waals surface area (Å²) in [7, 11) is 0. The van der Waals surface area contributed by atoms with Gasteiger partial charge >= 0.3 is 6.09 Å². The van der Waals surface area contributed by atoms with E-state index >= 15 is 0 Å². The number of aliphatic hydroxyl groups is 1. The molecule has 0 spiro atoms. The lowest BCUT2D eigenvalue weighted by Crippen LogP contribution is -2.52. The Morgan fingerprint density at radius 3 is 2.68 bits per heavy atom. The van der Waals surface area contributed by atoms with Crippen LogP contribution >= 0.6 is 0 Å². The number of hydrogen-bond donors (Lipinski definition) is 2. The first kappa shape index (κ1) is 16.7. The standard InChI is InChI=1S/C15H22N2O5/c1-4-5-9-6-10(7-16)17(14(19)20)12(9)13(18)11-8-21-15(2,3)22-11/h4-5,9-13,18H,6,8H2,1-3H3,(H,19,20)/b5-4-/t9-,10-,11-,12-,13-/m1/s1. The maximum Gasteiger partial charge on any atom is 0.408 e. The van der Waals surface area contributed by atoms with Gasteiger partial charge in [-0.3, -0.25) is 4.90 Å². The lowest BCUT2D eigenvalue weighted by atomic mass is 9.92. The number of carboxylic acid groups (broad SMARTS) is 1. The van der Waals surface area contributed by atoms with Crippen molar-refractivity contribution >= 4 is 6.09 Å². The van der Waals surface area contributed by atoms with Crippen molar-refractivity contribution in [3.8, 4) is 6.07 Å². The molecule has 2 aliphatic heterocycles. The second-order valence-corrected chi connectivity index (χ2v) is 6.11. The van der Waals surface area contributed by atoms with Gasteiger partial charge in [0.15, 0.2) is 5.79 Å². The Kier molecular flexibility index (Phi) is 4.75. The fourth-order valence-electron chi connectivity index (χ4n) is 3.26. The molecule has 22 heavy (non-hydrogen) atoms. The molecule has 0 radical (unpaired) electrons. The van der Waals surface area contributed by atoms with E-state index < -0.39 is 36.2 Å². The van der Waals surface area contributed by atoms with Crippen molar-refractivity contribution in [2.24, 2.45) is 5.92 Å². The molecule has 2 heterocycles. The molecule has 2 rings (SSSR count). The zero-order chi connectivity index (χ0) is 16.5. The molecule has 122 valence electrons. The quantitative estimate of drug-likeness (QED) is 0.762. The van der Waals surface area contributed by atoms with Crippen molar-refractivity contribution in [3.05, 3.63) is 12.2 Å². The van der Waals surface area contributed by atoms with Crippen molar-refractivity contribution < 1.29 is 24.5 Å². The van der Waals surface area contributed by atoms with Crippen molar-refractivity contribution in [2.75, 3.05) is 6.61 Å². The highest BCUT2D eigenvalue weighted by atomic mass is 16.7. The van der Waals surface area contributed by atoms with Gasteiger partial charge in [-0.25, -0.2) is 4.79 Å². The first-order valence-corrected chi connectivity index (χ1v) is 7.34. The van der Waals surface area contributed by atoms with Crippen molar-refractivity contribution in [1.29, 1.82) is 5.26 Å². The zero-order valence-electron chi connectivity index (χ0n) is 13.0. The number of carbonyl (C=O) groups is 1. The minimum Gasteiger partial charge on any atom is -0.465 e. The number of amides is 1. The molecule has 0 aromatic heterocycles. The van der Waals surface area contributed by atoms with Gasteiger partial charge in [-0.2, -0.15) is 5.26 Å². The third-order valence-electron chi connectivity index (χ3n) is 4.16. The van der Waals surface area contributed by atoms with E-state index in [-0.39, 0.29) is 12.5 Å². The maximum absolute atomic E-state index is 11.5. The average Bonchev–Trinajstić information content (AvgIpc) is 2.98. The minimum absolute atomic E-state index is 0.192. The summed E-state index contributed by atoms with van der Waals surface area (Å²) >= 11 is 0. The Balaban J connectivity index is 2.26. The third kappa shape index (κ3) is 3.09. The Bertz CT molecular complexity index is 499. The van der Waals surface area contributed by atoms with E-state index in [1.54, 1.807) is 19.9 Å². The summed E-state index contributed by atoms with van der Waals surface area (Å²) in [6.07, 6.45) is 1.12. The molecule has 0 unspecified atom stereocenters. The second-order valence-electron chi connectivity index (χ2n) is 6.11. The molecular weight excluding hydrogens is 288 g/mol. The van der Waals surface area contributed by atoms with Crippen LogP contribution in [0.15, 0.2) is 12.2 Å². The van der Waals surface area contributed by atoms with Crippen LogP contribution in [0, 0.1) is 17.2 Å². The van der Waals surface area contributed by atoms with Gasteiger partial charge in [0, 0.05) is 5.92 Å². The number of rotatable bonds is 3. The van der Waals surface area contributed by atoms with E-state index in [9.17, 15) is 20.3 Å². The van der Waals surface area contributed by atoms with E-state index in [2.05, 4.69) is 0 Å². The van der Waals surface area contributed by atoms with Crippen LogP contribution in [0.2, 0.25) is 0 Å². The molecular formula is C15H22N2O5. The maximum atomic E-state index is 11.5. The summed E-state index contributed by atoms with van der Waals surface area (Å²) in [5.74, 6) is -1.03. The van der Waals surface area contributed by atoms with Crippen LogP contribution in [-0.4, -0.2) is 57.9 Å². The summed E-state index contributed by atoms with van der Waals surface area (Å²) < 4.78 is 11.1. The molecule has 2 saturated heterocycles. The predicted octanol–water partition coefficient (Wildman–Crippen LogP) is 1.34. The number of nitriles is 1. The summed E-state index contributed by atoms with van der Waals surface area (Å²) in [5, 5.41) is 29.3. The molecule has 7 heteroatoms. The molecule has 5 atom stereocenters. The molecule has 0 aromatic rings. The van der Waals surface area contributed by atoms with E-state index in [0.29, 0.717) is 6.42 Å². The topological polar surface area (TPSA) is 103 Å². The smallest absolute Gasteiger partial charge is 0.408 e. The molecule has 7 nitrogen and oxygen atoms in total. The van der Waals surface area contributed by atoms with E-state index in [0.717, 1.165) is 4.90 Å². The molecule has 2 N–H and O–H groups in total. The van der Waals surface area contributed by atoms with Gasteiger partial charge in [-0.1, -0.05) is 12.2 Å². The average molecular weight is 310 g/mol. The summed E-state index contributed by atoms with van der Waals surface area (Å²) in [5.41, 5.74) is 0. The molecule has 1 amide bonds. The normalized spacial score (nSPS) is 35.7. The summed E-state index contributed by atoms with van der Waals surface area (Å²) in [4.78, 5) is 12.6. The Labute approximate surface area is 129 Å². The van der Waals surface area contributed by atoms with Crippen LogP contribution < -0.4 is 0 Å². The predicted molar refractivity (Wildman–Crippen MR) is 76.9 cm³/mol. The first-order valence-electron chi connectivity index (χ1n) is 7.34. The second kappa shape index (κ2) is 6.24. The Hall–Kier alpha value is -1.62. The van der Waals surface area contributed by atoms with Crippen molar-refractivity contribution in [1.82, 2.24) is 4.90 Å². The highest BCUT2D eigenvalue weighted by molar-refractivity contribution is 5.67.